The summed E-state index contributed by atoms with van der Waals surface area (Å²) in [5, 5.41) is 0. The summed E-state index contributed by atoms with van der Waals surface area (Å²) in [4.78, 5) is 13.9. The van der Waals surface area contributed by atoms with Crippen molar-refractivity contribution in [2.45, 2.75) is 45.7 Å². The molecule has 1 heterocycles. The molecule has 18 heavy (non-hydrogen) atoms. The third-order valence-electron chi connectivity index (χ3n) is 3.96. The maximum Gasteiger partial charge on any atom is 0.131 e. The lowest BCUT2D eigenvalue weighted by Gasteiger charge is -2.39. The van der Waals surface area contributed by atoms with Gasteiger partial charge in [-0.15, -0.1) is 0 Å². The Labute approximate surface area is 110 Å². The van der Waals surface area contributed by atoms with Crippen LogP contribution in [-0.4, -0.2) is 23.3 Å². The van der Waals surface area contributed by atoms with Crippen molar-refractivity contribution in [1.82, 2.24) is 4.90 Å². The van der Waals surface area contributed by atoms with E-state index in [2.05, 4.69) is 42.2 Å². The summed E-state index contributed by atoms with van der Waals surface area (Å²) < 4.78 is 0. The molecule has 2 rings (SSSR count). The van der Waals surface area contributed by atoms with E-state index in [1.165, 1.54) is 18.4 Å². The van der Waals surface area contributed by atoms with Crippen molar-refractivity contribution < 1.29 is 4.79 Å². The van der Waals surface area contributed by atoms with Gasteiger partial charge in [-0.25, -0.2) is 0 Å². The Kier molecular flexibility index (Phi) is 4.54. The van der Waals surface area contributed by atoms with Gasteiger partial charge in [0.25, 0.3) is 0 Å². The van der Waals surface area contributed by atoms with Crippen molar-refractivity contribution in [3.63, 3.8) is 0 Å². The van der Waals surface area contributed by atoms with E-state index in [-0.39, 0.29) is 0 Å². The van der Waals surface area contributed by atoms with Crippen molar-refractivity contribution >= 4 is 5.78 Å². The molecule has 1 aromatic rings. The molecule has 0 bridgehead atoms. The molecule has 98 valence electrons. The standard InChI is InChI=1S/C16H23NO/c1-13-7-6-10-17(16(13)11-14(2)18)12-15-8-4-3-5-9-15/h3-5,8-9,13,16H,6-7,10-12H2,1-2H3. The number of ketones is 1. The van der Waals surface area contributed by atoms with Crippen LogP contribution in [0.25, 0.3) is 0 Å². The van der Waals surface area contributed by atoms with E-state index in [1.807, 2.05) is 0 Å². The highest BCUT2D eigenvalue weighted by molar-refractivity contribution is 5.76. The topological polar surface area (TPSA) is 20.3 Å². The fraction of sp³-hybridized carbons (Fsp3) is 0.562. The van der Waals surface area contributed by atoms with E-state index < -0.39 is 0 Å². The molecule has 0 N–H and O–H groups in total. The van der Waals surface area contributed by atoms with E-state index in [9.17, 15) is 4.79 Å². The quantitative estimate of drug-likeness (QED) is 0.811. The summed E-state index contributed by atoms with van der Waals surface area (Å²) in [5.74, 6) is 0.943. The first-order chi connectivity index (χ1) is 8.66. The number of carbonyl (C=O) groups excluding carboxylic acids is 1. The molecule has 2 nitrogen and oxygen atoms in total. The van der Waals surface area contributed by atoms with Gasteiger partial charge in [0.1, 0.15) is 5.78 Å². The molecule has 2 atom stereocenters. The molecule has 1 aliphatic rings. The Morgan fingerprint density at radius 2 is 2.06 bits per heavy atom. The molecule has 2 heteroatoms. The van der Waals surface area contributed by atoms with Crippen LogP contribution in [0.4, 0.5) is 0 Å². The van der Waals surface area contributed by atoms with Crippen LogP contribution >= 0.6 is 0 Å². The molecule has 1 saturated heterocycles. The Balaban J connectivity index is 2.06. The van der Waals surface area contributed by atoms with Crippen LogP contribution in [0.1, 0.15) is 38.7 Å². The Hall–Kier alpha value is -1.15. The van der Waals surface area contributed by atoms with Crippen molar-refractivity contribution in [2.75, 3.05) is 6.54 Å². The van der Waals surface area contributed by atoms with Gasteiger partial charge in [-0.05, 0) is 37.8 Å². The zero-order valence-corrected chi connectivity index (χ0v) is 11.4. The molecule has 0 spiro atoms. The highest BCUT2D eigenvalue weighted by atomic mass is 16.1. The van der Waals surface area contributed by atoms with Gasteiger partial charge in [0, 0.05) is 19.0 Å². The zero-order chi connectivity index (χ0) is 13.0. The summed E-state index contributed by atoms with van der Waals surface area (Å²) in [6.07, 6.45) is 3.21. The summed E-state index contributed by atoms with van der Waals surface area (Å²) in [5.41, 5.74) is 1.35. The maximum absolute atomic E-state index is 11.4. The van der Waals surface area contributed by atoms with Crippen LogP contribution in [0.15, 0.2) is 30.3 Å². The first-order valence-electron chi connectivity index (χ1n) is 6.94. The van der Waals surface area contributed by atoms with Gasteiger partial charge in [-0.2, -0.15) is 0 Å². The van der Waals surface area contributed by atoms with E-state index in [4.69, 9.17) is 0 Å². The Morgan fingerprint density at radius 1 is 1.33 bits per heavy atom. The number of benzene rings is 1. The van der Waals surface area contributed by atoms with Gasteiger partial charge in [-0.3, -0.25) is 9.69 Å². The number of rotatable bonds is 4. The second kappa shape index (κ2) is 6.14. The van der Waals surface area contributed by atoms with Gasteiger partial charge in [0.2, 0.25) is 0 Å². The molecule has 0 radical (unpaired) electrons. The van der Waals surface area contributed by atoms with Gasteiger partial charge in [0.05, 0.1) is 0 Å². The van der Waals surface area contributed by atoms with Crippen molar-refractivity contribution in [3.8, 4) is 0 Å². The van der Waals surface area contributed by atoms with E-state index >= 15 is 0 Å². The normalized spacial score (nSPS) is 25.0. The molecular formula is C16H23NO. The van der Waals surface area contributed by atoms with Crippen molar-refractivity contribution in [3.05, 3.63) is 35.9 Å². The van der Waals surface area contributed by atoms with E-state index in [1.54, 1.807) is 6.92 Å². The number of hydrogen-bond acceptors (Lipinski definition) is 2. The molecule has 1 aromatic carbocycles. The largest absolute Gasteiger partial charge is 0.300 e. The van der Waals surface area contributed by atoms with Crippen molar-refractivity contribution in [2.24, 2.45) is 5.92 Å². The van der Waals surface area contributed by atoms with Crippen LogP contribution < -0.4 is 0 Å². The minimum atomic E-state index is 0.312. The summed E-state index contributed by atoms with van der Waals surface area (Å²) in [7, 11) is 0. The summed E-state index contributed by atoms with van der Waals surface area (Å²) in [6, 6.07) is 11.0. The number of nitrogens with zero attached hydrogens (tertiary/aromatic N) is 1. The Morgan fingerprint density at radius 3 is 2.72 bits per heavy atom. The summed E-state index contributed by atoms with van der Waals surface area (Å²) in [6.45, 7) is 6.09. The highest BCUT2D eigenvalue weighted by Gasteiger charge is 2.29. The monoisotopic (exact) mass is 245 g/mol. The first kappa shape index (κ1) is 13.3. The smallest absolute Gasteiger partial charge is 0.131 e. The third kappa shape index (κ3) is 3.42. The van der Waals surface area contributed by atoms with E-state index in [0.717, 1.165) is 13.1 Å². The van der Waals surface area contributed by atoms with Crippen LogP contribution in [0, 0.1) is 5.92 Å². The maximum atomic E-state index is 11.4. The zero-order valence-electron chi connectivity index (χ0n) is 11.4. The molecule has 0 aliphatic carbocycles. The van der Waals surface area contributed by atoms with Gasteiger partial charge in [-0.1, -0.05) is 37.3 Å². The lowest BCUT2D eigenvalue weighted by Crippen LogP contribution is -2.44. The van der Waals surface area contributed by atoms with Gasteiger partial charge < -0.3 is 0 Å². The van der Waals surface area contributed by atoms with Crippen LogP contribution in [0.3, 0.4) is 0 Å². The summed E-state index contributed by atoms with van der Waals surface area (Å²) >= 11 is 0. The molecular weight excluding hydrogens is 222 g/mol. The second-order valence-corrected chi connectivity index (χ2v) is 5.55. The SMILES string of the molecule is CC(=O)CC1C(C)CCCN1Cc1ccccc1. The minimum absolute atomic E-state index is 0.312. The van der Waals surface area contributed by atoms with E-state index in [0.29, 0.717) is 24.2 Å². The molecule has 1 fully saturated rings. The third-order valence-corrected chi connectivity index (χ3v) is 3.96. The fourth-order valence-electron chi connectivity index (χ4n) is 2.97. The van der Waals surface area contributed by atoms with Gasteiger partial charge in [0.15, 0.2) is 0 Å². The Bertz CT molecular complexity index is 387. The minimum Gasteiger partial charge on any atom is -0.300 e. The van der Waals surface area contributed by atoms with Gasteiger partial charge >= 0.3 is 0 Å². The predicted molar refractivity (Wildman–Crippen MR) is 74.3 cm³/mol. The molecule has 0 amide bonds. The lowest BCUT2D eigenvalue weighted by molar-refractivity contribution is -0.119. The lowest BCUT2D eigenvalue weighted by atomic mass is 9.87. The van der Waals surface area contributed by atoms with Crippen LogP contribution in [-0.2, 0) is 11.3 Å². The van der Waals surface area contributed by atoms with Crippen LogP contribution in [0.5, 0.6) is 0 Å². The highest BCUT2D eigenvalue weighted by Crippen LogP contribution is 2.27. The fourth-order valence-corrected chi connectivity index (χ4v) is 2.97. The average molecular weight is 245 g/mol. The van der Waals surface area contributed by atoms with Crippen molar-refractivity contribution in [1.29, 1.82) is 0 Å². The molecule has 0 saturated carbocycles. The molecule has 2 unspecified atom stereocenters. The van der Waals surface area contributed by atoms with Crippen LogP contribution in [0.2, 0.25) is 0 Å². The molecule has 1 aliphatic heterocycles. The molecule has 0 aromatic heterocycles. The number of carbonyl (C=O) groups is 1. The number of likely N-dealkylation sites (tertiary alicyclic amines) is 1. The number of Topliss-reactive ketones (excluding diaryl/α,β-unsaturated/α-hetero) is 1. The first-order valence-corrected chi connectivity index (χ1v) is 6.94. The predicted octanol–water partition coefficient (Wildman–Crippen LogP) is 3.27. The number of hydrogen-bond donors (Lipinski definition) is 0. The average Bonchev–Trinajstić information content (AvgIpc) is 2.34. The second-order valence-electron chi connectivity index (χ2n) is 5.55. The number of piperidine rings is 1.